The fourth-order valence-corrected chi connectivity index (χ4v) is 5.01. The van der Waals surface area contributed by atoms with E-state index in [1.165, 1.54) is 23.0 Å². The second kappa shape index (κ2) is 9.63. The van der Waals surface area contributed by atoms with Crippen LogP contribution in [0.25, 0.3) is 22.4 Å². The summed E-state index contributed by atoms with van der Waals surface area (Å²) in [6, 6.07) is 22.3. The molecule has 2 heterocycles. The van der Waals surface area contributed by atoms with Gasteiger partial charge in [-0.3, -0.25) is 9.59 Å². The number of amides is 2. The van der Waals surface area contributed by atoms with E-state index in [0.717, 1.165) is 11.6 Å². The van der Waals surface area contributed by atoms with Gasteiger partial charge in [-0.05, 0) is 47.9 Å². The van der Waals surface area contributed by atoms with Crippen LogP contribution in [0.5, 0.6) is 0 Å². The molecule has 5 aromatic rings. The number of fused-ring (bicyclic) bond motifs is 1. The van der Waals surface area contributed by atoms with Crippen molar-refractivity contribution in [2.75, 3.05) is 5.01 Å². The standard InChI is InChI=1S/C28H23ClFN7O2/c1-35-33-25(32-34-35)24-23(29)21-12-5-6-13-22(21)37(24)36(17-18-8-3-2-4-9-18)27(39)28(14-15-28)31-26(38)19-10-7-11-20(30)16-19/h2-13,16H,14-15,17H2,1H3,(H,31,38). The molecule has 1 aliphatic rings. The number of para-hydroxylation sites is 1. The van der Waals surface area contributed by atoms with Gasteiger partial charge in [-0.15, -0.1) is 10.2 Å². The van der Waals surface area contributed by atoms with Gasteiger partial charge in [-0.2, -0.15) is 4.80 Å². The Labute approximate surface area is 227 Å². The Morgan fingerprint density at radius 3 is 2.49 bits per heavy atom. The number of benzene rings is 3. The second-order valence-corrected chi connectivity index (χ2v) is 9.87. The van der Waals surface area contributed by atoms with Crippen LogP contribution in [-0.2, 0) is 18.4 Å². The number of tetrazole rings is 1. The van der Waals surface area contributed by atoms with Crippen LogP contribution in [0, 0.1) is 5.82 Å². The Morgan fingerprint density at radius 2 is 1.79 bits per heavy atom. The van der Waals surface area contributed by atoms with Crippen molar-refractivity contribution in [2.24, 2.45) is 7.05 Å². The van der Waals surface area contributed by atoms with E-state index in [4.69, 9.17) is 11.6 Å². The van der Waals surface area contributed by atoms with E-state index in [1.54, 1.807) is 16.7 Å². The Kier molecular flexibility index (Phi) is 6.11. The average molecular weight is 544 g/mol. The van der Waals surface area contributed by atoms with E-state index in [9.17, 15) is 14.0 Å². The van der Waals surface area contributed by atoms with Crippen molar-refractivity contribution in [3.05, 3.63) is 101 Å². The maximum Gasteiger partial charge on any atom is 0.267 e. The molecular formula is C28H23ClFN7O2. The van der Waals surface area contributed by atoms with Gasteiger partial charge < -0.3 is 5.32 Å². The molecule has 39 heavy (non-hydrogen) atoms. The summed E-state index contributed by atoms with van der Waals surface area (Å²) in [5.74, 6) is -1.14. The zero-order valence-electron chi connectivity index (χ0n) is 20.9. The molecular weight excluding hydrogens is 521 g/mol. The van der Waals surface area contributed by atoms with E-state index in [1.807, 2.05) is 54.6 Å². The van der Waals surface area contributed by atoms with Gasteiger partial charge in [-0.25, -0.2) is 14.1 Å². The first kappa shape index (κ1) is 24.7. The minimum absolute atomic E-state index is 0.141. The number of carbonyl (C=O) groups excluding carboxylic acids is 2. The number of halogens is 2. The molecule has 196 valence electrons. The highest BCUT2D eigenvalue weighted by Gasteiger charge is 2.54. The number of hydrogen-bond acceptors (Lipinski definition) is 5. The van der Waals surface area contributed by atoms with Crippen molar-refractivity contribution in [3.8, 4) is 11.5 Å². The van der Waals surface area contributed by atoms with E-state index in [2.05, 4.69) is 20.7 Å². The van der Waals surface area contributed by atoms with Crippen LogP contribution in [0.3, 0.4) is 0 Å². The molecule has 3 aromatic carbocycles. The van der Waals surface area contributed by atoms with E-state index in [0.29, 0.717) is 34.5 Å². The molecule has 1 fully saturated rings. The number of carbonyl (C=O) groups is 2. The van der Waals surface area contributed by atoms with Crippen molar-refractivity contribution in [2.45, 2.75) is 24.9 Å². The second-order valence-electron chi connectivity index (χ2n) is 9.49. The Balaban J connectivity index is 1.48. The normalized spacial score (nSPS) is 13.8. The molecule has 9 nitrogen and oxygen atoms in total. The quantitative estimate of drug-likeness (QED) is 0.331. The van der Waals surface area contributed by atoms with Gasteiger partial charge in [0.15, 0.2) is 0 Å². The van der Waals surface area contributed by atoms with Crippen molar-refractivity contribution in [1.29, 1.82) is 0 Å². The maximum atomic E-state index is 14.4. The van der Waals surface area contributed by atoms with Crippen LogP contribution >= 0.6 is 11.6 Å². The minimum Gasteiger partial charge on any atom is -0.338 e. The lowest BCUT2D eigenvalue weighted by Gasteiger charge is -2.30. The number of nitrogens with one attached hydrogen (secondary N) is 1. The molecule has 1 N–H and O–H groups in total. The molecule has 0 bridgehead atoms. The molecule has 0 atom stereocenters. The summed E-state index contributed by atoms with van der Waals surface area (Å²) in [4.78, 5) is 28.8. The highest BCUT2D eigenvalue weighted by molar-refractivity contribution is 6.38. The largest absolute Gasteiger partial charge is 0.338 e. The third-order valence-corrected chi connectivity index (χ3v) is 7.14. The molecule has 0 spiro atoms. The first-order valence-electron chi connectivity index (χ1n) is 12.3. The van der Waals surface area contributed by atoms with Crippen molar-refractivity contribution >= 4 is 34.3 Å². The van der Waals surface area contributed by atoms with E-state index >= 15 is 0 Å². The van der Waals surface area contributed by atoms with Gasteiger partial charge in [0.25, 0.3) is 11.8 Å². The highest BCUT2D eigenvalue weighted by atomic mass is 35.5. The molecule has 2 aromatic heterocycles. The van der Waals surface area contributed by atoms with Gasteiger partial charge >= 0.3 is 0 Å². The van der Waals surface area contributed by atoms with Crippen LogP contribution in [0.2, 0.25) is 5.02 Å². The SMILES string of the molecule is Cn1nnc(-c2c(Cl)c3ccccc3n2N(Cc2ccccc2)C(=O)C2(NC(=O)c3cccc(F)c3)CC2)n1. The zero-order chi connectivity index (χ0) is 27.1. The lowest BCUT2D eigenvalue weighted by molar-refractivity contribution is -0.123. The van der Waals surface area contributed by atoms with Crippen LogP contribution in [-0.4, -0.2) is 42.2 Å². The summed E-state index contributed by atoms with van der Waals surface area (Å²) in [5.41, 5.74) is 0.917. The van der Waals surface area contributed by atoms with Gasteiger partial charge in [-0.1, -0.05) is 66.2 Å². The van der Waals surface area contributed by atoms with Crippen molar-refractivity contribution < 1.29 is 14.0 Å². The summed E-state index contributed by atoms with van der Waals surface area (Å²) in [6.07, 6.45) is 0.869. The lowest BCUT2D eigenvalue weighted by Crippen LogP contribution is -2.54. The smallest absolute Gasteiger partial charge is 0.267 e. The highest BCUT2D eigenvalue weighted by Crippen LogP contribution is 2.41. The molecule has 0 saturated heterocycles. The van der Waals surface area contributed by atoms with Crippen LogP contribution < -0.4 is 10.3 Å². The maximum absolute atomic E-state index is 14.4. The number of hydrogen-bond donors (Lipinski definition) is 1. The van der Waals surface area contributed by atoms with Gasteiger partial charge in [0.2, 0.25) is 5.82 Å². The van der Waals surface area contributed by atoms with Gasteiger partial charge in [0.1, 0.15) is 17.1 Å². The molecule has 1 aliphatic carbocycles. The Morgan fingerprint density at radius 1 is 1.05 bits per heavy atom. The van der Waals surface area contributed by atoms with Crippen molar-refractivity contribution in [1.82, 2.24) is 30.2 Å². The van der Waals surface area contributed by atoms with E-state index < -0.39 is 17.3 Å². The summed E-state index contributed by atoms with van der Waals surface area (Å²) in [6.45, 7) is 0.180. The third-order valence-electron chi connectivity index (χ3n) is 6.76. The van der Waals surface area contributed by atoms with Crippen molar-refractivity contribution in [3.63, 3.8) is 0 Å². The molecule has 6 rings (SSSR count). The van der Waals surface area contributed by atoms with Gasteiger partial charge in [0, 0.05) is 10.9 Å². The fourth-order valence-electron chi connectivity index (χ4n) is 4.68. The molecule has 0 unspecified atom stereocenters. The van der Waals surface area contributed by atoms with Crippen LogP contribution in [0.4, 0.5) is 4.39 Å². The van der Waals surface area contributed by atoms with E-state index in [-0.39, 0.29) is 23.8 Å². The summed E-state index contributed by atoms with van der Waals surface area (Å²) < 4.78 is 15.5. The lowest BCUT2D eigenvalue weighted by atomic mass is 10.1. The molecule has 0 aliphatic heterocycles. The first-order chi connectivity index (χ1) is 18.9. The summed E-state index contributed by atoms with van der Waals surface area (Å²) >= 11 is 6.89. The Bertz CT molecular complexity index is 1710. The molecule has 0 radical (unpaired) electrons. The fraction of sp³-hybridized carbons (Fsp3) is 0.179. The van der Waals surface area contributed by atoms with Crippen LogP contribution in [0.1, 0.15) is 28.8 Å². The third kappa shape index (κ3) is 4.52. The number of aromatic nitrogens is 5. The Hall–Kier alpha value is -4.57. The topological polar surface area (TPSA) is 97.9 Å². The summed E-state index contributed by atoms with van der Waals surface area (Å²) in [5, 5.41) is 18.0. The number of aryl methyl sites for hydroxylation is 1. The zero-order valence-corrected chi connectivity index (χ0v) is 21.6. The van der Waals surface area contributed by atoms with Crippen LogP contribution in [0.15, 0.2) is 78.9 Å². The number of nitrogens with zero attached hydrogens (tertiary/aromatic N) is 6. The molecule has 2 amide bonds. The predicted molar refractivity (Wildman–Crippen MR) is 144 cm³/mol. The predicted octanol–water partition coefficient (Wildman–Crippen LogP) is 4.25. The first-order valence-corrected chi connectivity index (χ1v) is 12.7. The minimum atomic E-state index is -1.16. The monoisotopic (exact) mass is 543 g/mol. The summed E-state index contributed by atoms with van der Waals surface area (Å²) in [7, 11) is 1.64. The number of rotatable bonds is 7. The van der Waals surface area contributed by atoms with Gasteiger partial charge in [0.05, 0.1) is 24.1 Å². The molecule has 11 heteroatoms. The molecule has 1 saturated carbocycles. The average Bonchev–Trinajstić information content (AvgIpc) is 3.51.